The van der Waals surface area contributed by atoms with Gasteiger partial charge in [-0.2, -0.15) is 4.98 Å². The number of likely N-dealkylation sites (tertiary alicyclic amines) is 2. The molecule has 10 rings (SSSR count). The van der Waals surface area contributed by atoms with Gasteiger partial charge in [0.05, 0.1) is 11.7 Å². The van der Waals surface area contributed by atoms with Crippen molar-refractivity contribution in [2.24, 2.45) is 0 Å². The van der Waals surface area contributed by atoms with E-state index >= 15 is 0 Å². The number of ether oxygens (including phenoxy) is 1. The summed E-state index contributed by atoms with van der Waals surface area (Å²) in [6, 6.07) is 13.8. The zero-order valence-corrected chi connectivity index (χ0v) is 37.9. The van der Waals surface area contributed by atoms with Gasteiger partial charge in [0.2, 0.25) is 17.8 Å². The molecule has 0 bridgehead atoms. The van der Waals surface area contributed by atoms with Gasteiger partial charge in [-0.15, -0.1) is 0 Å². The van der Waals surface area contributed by atoms with Crippen molar-refractivity contribution in [2.45, 2.75) is 95.0 Å². The predicted octanol–water partition coefficient (Wildman–Crippen LogP) is 4.05. The second-order valence-corrected chi connectivity index (χ2v) is 19.2. The van der Waals surface area contributed by atoms with Gasteiger partial charge in [-0.25, -0.2) is 4.98 Å². The molecular weight excluding hydrogens is 850 g/mol. The monoisotopic (exact) mass is 905 g/mol. The van der Waals surface area contributed by atoms with Crippen LogP contribution in [0.4, 0.5) is 23.1 Å². The van der Waals surface area contributed by atoms with Gasteiger partial charge >= 0.3 is 0 Å². The van der Waals surface area contributed by atoms with Gasteiger partial charge in [-0.3, -0.25) is 39.1 Å². The Morgan fingerprint density at radius 2 is 1.69 bits per heavy atom. The van der Waals surface area contributed by atoms with Crippen molar-refractivity contribution >= 4 is 69.3 Å². The Labute approximate surface area is 382 Å². The van der Waals surface area contributed by atoms with E-state index in [1.807, 2.05) is 44.2 Å². The molecular formula is C47H56ClN11O6. The van der Waals surface area contributed by atoms with Crippen LogP contribution in [0.1, 0.15) is 80.8 Å². The quantitative estimate of drug-likeness (QED) is 0.184. The fourth-order valence-electron chi connectivity index (χ4n) is 11.0. The summed E-state index contributed by atoms with van der Waals surface area (Å²) in [5, 5.41) is 9.44. The summed E-state index contributed by atoms with van der Waals surface area (Å²) in [5.41, 5.74) is 4.19. The molecule has 65 heavy (non-hydrogen) atoms. The smallest absolute Gasteiger partial charge is 0.293 e. The Balaban J connectivity index is 0.717. The molecule has 2 aromatic heterocycles. The number of imide groups is 1. The van der Waals surface area contributed by atoms with Crippen LogP contribution in [0.25, 0.3) is 10.9 Å². The summed E-state index contributed by atoms with van der Waals surface area (Å²) in [5.74, 6) is 0.116. The van der Waals surface area contributed by atoms with Crippen molar-refractivity contribution in [3.05, 3.63) is 75.2 Å². The van der Waals surface area contributed by atoms with E-state index in [9.17, 15) is 24.0 Å². The summed E-state index contributed by atoms with van der Waals surface area (Å²) in [7, 11) is 1.52. The van der Waals surface area contributed by atoms with Crippen LogP contribution in [0.15, 0.2) is 53.5 Å². The lowest BCUT2D eigenvalue weighted by molar-refractivity contribution is -0.160. The van der Waals surface area contributed by atoms with Crippen molar-refractivity contribution in [3.8, 4) is 5.75 Å². The zero-order chi connectivity index (χ0) is 45.1. The third-order valence-corrected chi connectivity index (χ3v) is 14.9. The number of carbonyl (C=O) groups excluding carboxylic acids is 4. The molecule has 5 fully saturated rings. The Hall–Kier alpha value is -5.78. The van der Waals surface area contributed by atoms with Gasteiger partial charge in [-0.05, 0) is 100 Å². The third-order valence-electron chi connectivity index (χ3n) is 14.6. The normalized spacial score (nSPS) is 21.7. The number of carbonyl (C=O) groups is 4. The lowest BCUT2D eigenvalue weighted by atomic mass is 9.74. The molecule has 3 N–H and O–H groups in total. The highest BCUT2D eigenvalue weighted by molar-refractivity contribution is 6.33. The van der Waals surface area contributed by atoms with E-state index in [1.165, 1.54) is 13.5 Å². The number of fused-ring (bicyclic) bond motifs is 2. The standard InChI is InChI=1S/C47H56ClN11O6/c1-28(2)59-37-7-4-31(20-29(37)22-39(45(59)64)65-25-41(61)49-3)51-42-36(48)23-50-46(53-42)55-17-12-33(13-18-55)58-19-14-47(58)26-56(27-47)32-10-15-54(16-11-32)34-5-6-35-30(21-34)24-57(44(35)63)38-8-9-40(60)52-43(38)62/h4-7,20-23,28,32-33,38H,8-19,24-27H2,1-3H3,(H,49,61)(H,50,51,53)(H,52,60,62). The highest BCUT2D eigenvalue weighted by Crippen LogP contribution is 2.45. The number of hydrogen-bond donors (Lipinski definition) is 3. The van der Waals surface area contributed by atoms with Gasteiger partial charge in [0.1, 0.15) is 11.1 Å². The van der Waals surface area contributed by atoms with Crippen LogP contribution in [0.2, 0.25) is 5.02 Å². The molecule has 2 aromatic carbocycles. The number of aromatic nitrogens is 3. The molecule has 1 spiro atoms. The minimum absolute atomic E-state index is 0.103. The topological polar surface area (TPSA) is 178 Å². The van der Waals surface area contributed by atoms with Crippen LogP contribution in [0, 0.1) is 0 Å². The van der Waals surface area contributed by atoms with Crippen molar-refractivity contribution in [1.29, 1.82) is 0 Å². The van der Waals surface area contributed by atoms with Crippen molar-refractivity contribution in [2.75, 3.05) is 74.6 Å². The number of hydrogen-bond acceptors (Lipinski definition) is 13. The van der Waals surface area contributed by atoms with Crippen LogP contribution in [0.5, 0.6) is 5.75 Å². The molecule has 4 aromatic rings. The Morgan fingerprint density at radius 3 is 2.40 bits per heavy atom. The van der Waals surface area contributed by atoms with Crippen molar-refractivity contribution in [1.82, 2.24) is 39.9 Å². The fraction of sp³-hybridized carbons (Fsp3) is 0.511. The molecule has 342 valence electrons. The minimum Gasteiger partial charge on any atom is -0.478 e. The van der Waals surface area contributed by atoms with Crippen molar-refractivity contribution < 1.29 is 23.9 Å². The second kappa shape index (κ2) is 17.2. The molecule has 0 radical (unpaired) electrons. The first-order valence-corrected chi connectivity index (χ1v) is 23.4. The summed E-state index contributed by atoms with van der Waals surface area (Å²) in [4.78, 5) is 83.9. The van der Waals surface area contributed by atoms with Gasteiger partial charge in [0.15, 0.2) is 18.2 Å². The maximum absolute atomic E-state index is 13.3. The molecule has 18 heteroatoms. The number of amides is 4. The molecule has 1 unspecified atom stereocenters. The zero-order valence-electron chi connectivity index (χ0n) is 37.1. The number of nitrogens with zero attached hydrogens (tertiary/aromatic N) is 8. The molecule has 4 amide bonds. The van der Waals surface area contributed by atoms with E-state index in [0.29, 0.717) is 47.4 Å². The van der Waals surface area contributed by atoms with Gasteiger partial charge in [-0.1, -0.05) is 11.6 Å². The number of halogens is 1. The highest BCUT2D eigenvalue weighted by Gasteiger charge is 2.56. The number of benzene rings is 2. The lowest BCUT2D eigenvalue weighted by Gasteiger charge is -2.67. The van der Waals surface area contributed by atoms with Crippen LogP contribution in [-0.2, 0) is 20.9 Å². The number of likely N-dealkylation sites (N-methyl/N-ethyl adjacent to an activating group) is 1. The van der Waals surface area contributed by atoms with E-state index in [0.717, 1.165) is 99.3 Å². The summed E-state index contributed by atoms with van der Waals surface area (Å²) >= 11 is 6.65. The SMILES string of the molecule is CNC(=O)COc1cc2cc(Nc3nc(N4CCC(N5CCC56CN(C5CCN(c7ccc8c(c7)CN(C7CCC(=O)NC7=O)C8=O)CC5)C6)CC4)ncc3Cl)ccc2n(C(C)C)c1=O. The van der Waals surface area contributed by atoms with Crippen LogP contribution < -0.4 is 36.0 Å². The average molecular weight is 906 g/mol. The van der Waals surface area contributed by atoms with Gasteiger partial charge in [0.25, 0.3) is 17.4 Å². The van der Waals surface area contributed by atoms with Crippen LogP contribution >= 0.6 is 11.6 Å². The maximum Gasteiger partial charge on any atom is 0.293 e. The largest absolute Gasteiger partial charge is 0.478 e. The first-order chi connectivity index (χ1) is 31.4. The summed E-state index contributed by atoms with van der Waals surface area (Å²) < 4.78 is 7.30. The summed E-state index contributed by atoms with van der Waals surface area (Å²) in [6.45, 7) is 11.0. The maximum atomic E-state index is 13.3. The number of rotatable bonds is 11. The van der Waals surface area contributed by atoms with E-state index in [4.69, 9.17) is 21.3 Å². The molecule has 8 heterocycles. The molecule has 1 atom stereocenters. The second-order valence-electron chi connectivity index (χ2n) is 18.8. The van der Waals surface area contributed by atoms with E-state index in [-0.39, 0.29) is 59.5 Å². The van der Waals surface area contributed by atoms with E-state index < -0.39 is 6.04 Å². The van der Waals surface area contributed by atoms with E-state index in [1.54, 1.807) is 21.7 Å². The predicted molar refractivity (Wildman–Crippen MR) is 247 cm³/mol. The van der Waals surface area contributed by atoms with Crippen molar-refractivity contribution in [3.63, 3.8) is 0 Å². The van der Waals surface area contributed by atoms with E-state index in [2.05, 4.69) is 46.6 Å². The summed E-state index contributed by atoms with van der Waals surface area (Å²) in [6.07, 6.45) is 7.79. The molecule has 17 nitrogen and oxygen atoms in total. The average Bonchev–Trinajstić information content (AvgIpc) is 3.60. The van der Waals surface area contributed by atoms with Gasteiger partial charge < -0.3 is 34.6 Å². The molecule has 5 saturated heterocycles. The fourth-order valence-corrected chi connectivity index (χ4v) is 11.2. The molecule has 6 aliphatic rings. The number of nitrogens with one attached hydrogen (secondary N) is 3. The molecule has 0 aliphatic carbocycles. The minimum atomic E-state index is -0.603. The first kappa shape index (κ1) is 43.1. The van der Waals surface area contributed by atoms with Crippen LogP contribution in [0.3, 0.4) is 0 Å². The Morgan fingerprint density at radius 1 is 0.938 bits per heavy atom. The van der Waals surface area contributed by atoms with Gasteiger partial charge in [0, 0.05) is 112 Å². The first-order valence-electron chi connectivity index (χ1n) is 23.0. The number of piperidine rings is 3. The number of pyridine rings is 1. The van der Waals surface area contributed by atoms with Crippen LogP contribution in [-0.4, -0.2) is 136 Å². The molecule has 0 saturated carbocycles. The highest BCUT2D eigenvalue weighted by atomic mass is 35.5. The lowest BCUT2D eigenvalue weighted by Crippen LogP contribution is -2.80. The molecule has 6 aliphatic heterocycles. The Bertz CT molecular complexity index is 2620. The number of anilines is 4. The Kier molecular flexibility index (Phi) is 11.4. The third kappa shape index (κ3) is 8.05.